The Morgan fingerprint density at radius 1 is 1.47 bits per heavy atom. The van der Waals surface area contributed by atoms with Crippen molar-refractivity contribution >= 4 is 26.0 Å². The number of benzene rings is 1. The van der Waals surface area contributed by atoms with Crippen LogP contribution in [-0.4, -0.2) is 18.6 Å². The number of H-pyrrole nitrogens is 1. The Balaban J connectivity index is 2.21. The number of hydrogen-bond donors (Lipinski definition) is 2. The molecule has 1 aromatic carbocycles. The molecular weight excluding hydrogens is 337 g/mol. The van der Waals surface area contributed by atoms with Crippen molar-refractivity contribution in [3.05, 3.63) is 45.9 Å². The minimum absolute atomic E-state index is 0.0557. The van der Waals surface area contributed by atoms with Gasteiger partial charge in [0.1, 0.15) is 10.7 Å². The van der Waals surface area contributed by atoms with Gasteiger partial charge in [-0.3, -0.25) is 5.10 Å². The minimum Gasteiger partial charge on any atom is -0.283 e. The molecule has 0 aliphatic rings. The molecule has 0 unspecified atom stereocenters. The summed E-state index contributed by atoms with van der Waals surface area (Å²) in [7, 11) is -3.89. The molecule has 0 amide bonds. The first-order valence-electron chi connectivity index (χ1n) is 5.34. The summed E-state index contributed by atoms with van der Waals surface area (Å²) in [5.41, 5.74) is 1.47. The van der Waals surface area contributed by atoms with E-state index >= 15 is 0 Å². The molecule has 2 rings (SSSR count). The van der Waals surface area contributed by atoms with Crippen molar-refractivity contribution in [3.8, 4) is 0 Å². The second kappa shape index (κ2) is 5.40. The van der Waals surface area contributed by atoms with Crippen LogP contribution in [0, 0.1) is 12.7 Å². The van der Waals surface area contributed by atoms with E-state index in [0.717, 1.165) is 11.8 Å². The van der Waals surface area contributed by atoms with Crippen molar-refractivity contribution in [2.24, 2.45) is 0 Å². The third-order valence-electron chi connectivity index (χ3n) is 2.57. The number of aryl methyl sites for hydroxylation is 1. The van der Waals surface area contributed by atoms with E-state index in [9.17, 15) is 12.8 Å². The highest BCUT2D eigenvalue weighted by Crippen LogP contribution is 2.19. The third kappa shape index (κ3) is 3.20. The smallest absolute Gasteiger partial charge is 0.243 e. The molecule has 0 saturated heterocycles. The summed E-state index contributed by atoms with van der Waals surface area (Å²) in [4.78, 5) is -0.378. The maximum atomic E-state index is 13.6. The molecule has 0 spiro atoms. The molecule has 19 heavy (non-hydrogen) atoms. The summed E-state index contributed by atoms with van der Waals surface area (Å²) in [6.45, 7) is 1.83. The standard InChI is InChI=1S/C11H11BrFN3O2S/c1-7-8(5-14-16-7)6-15-19(17,18)11-3-2-9(12)4-10(11)13/h2-5,15H,6H2,1H3,(H,14,16). The fourth-order valence-electron chi connectivity index (χ4n) is 1.50. The van der Waals surface area contributed by atoms with Crippen LogP contribution >= 0.6 is 15.9 Å². The second-order valence-electron chi connectivity index (χ2n) is 3.92. The van der Waals surface area contributed by atoms with E-state index in [2.05, 4.69) is 30.8 Å². The van der Waals surface area contributed by atoms with Gasteiger partial charge in [0.15, 0.2) is 0 Å². The first kappa shape index (κ1) is 14.2. The third-order valence-corrected chi connectivity index (χ3v) is 4.50. The van der Waals surface area contributed by atoms with Crippen LogP contribution in [0.2, 0.25) is 0 Å². The van der Waals surface area contributed by atoms with Crippen LogP contribution < -0.4 is 4.72 Å². The lowest BCUT2D eigenvalue weighted by molar-refractivity contribution is 0.556. The summed E-state index contributed by atoms with van der Waals surface area (Å²) in [5.74, 6) is -0.800. The molecule has 1 heterocycles. The van der Waals surface area contributed by atoms with Crippen molar-refractivity contribution < 1.29 is 12.8 Å². The molecule has 0 saturated carbocycles. The second-order valence-corrected chi connectivity index (χ2v) is 6.57. The quantitative estimate of drug-likeness (QED) is 0.889. The fraction of sp³-hybridized carbons (Fsp3) is 0.182. The van der Waals surface area contributed by atoms with Gasteiger partial charge >= 0.3 is 0 Å². The Morgan fingerprint density at radius 2 is 2.21 bits per heavy atom. The van der Waals surface area contributed by atoms with E-state index in [4.69, 9.17) is 0 Å². The van der Waals surface area contributed by atoms with E-state index < -0.39 is 15.8 Å². The zero-order valence-electron chi connectivity index (χ0n) is 9.94. The van der Waals surface area contributed by atoms with Crippen LogP contribution in [0.15, 0.2) is 33.8 Å². The number of nitrogens with zero attached hydrogens (tertiary/aromatic N) is 1. The molecule has 1 aromatic heterocycles. The number of sulfonamides is 1. The van der Waals surface area contributed by atoms with Crippen molar-refractivity contribution in [1.29, 1.82) is 0 Å². The molecule has 0 atom stereocenters. The first-order chi connectivity index (χ1) is 8.90. The number of hydrogen-bond acceptors (Lipinski definition) is 3. The van der Waals surface area contributed by atoms with E-state index in [1.807, 2.05) is 0 Å². The van der Waals surface area contributed by atoms with Gasteiger partial charge in [-0.2, -0.15) is 5.10 Å². The van der Waals surface area contributed by atoms with Gasteiger partial charge < -0.3 is 0 Å². The van der Waals surface area contributed by atoms with Crippen LogP contribution in [0.25, 0.3) is 0 Å². The Morgan fingerprint density at radius 3 is 2.79 bits per heavy atom. The van der Waals surface area contributed by atoms with Crippen molar-refractivity contribution in [2.75, 3.05) is 0 Å². The van der Waals surface area contributed by atoms with Crippen LogP contribution in [0.5, 0.6) is 0 Å². The highest BCUT2D eigenvalue weighted by molar-refractivity contribution is 9.10. The topological polar surface area (TPSA) is 74.8 Å². The maximum Gasteiger partial charge on any atom is 0.243 e. The van der Waals surface area contributed by atoms with E-state index in [0.29, 0.717) is 10.0 Å². The zero-order chi connectivity index (χ0) is 14.0. The van der Waals surface area contributed by atoms with Gasteiger partial charge in [0.25, 0.3) is 0 Å². The van der Waals surface area contributed by atoms with Crippen LogP contribution in [0.1, 0.15) is 11.3 Å². The van der Waals surface area contributed by atoms with E-state index in [1.54, 1.807) is 6.92 Å². The molecule has 0 bridgehead atoms. The van der Waals surface area contributed by atoms with Crippen LogP contribution in [0.4, 0.5) is 4.39 Å². The van der Waals surface area contributed by atoms with Gasteiger partial charge in [-0.15, -0.1) is 0 Å². The summed E-state index contributed by atoms with van der Waals surface area (Å²) < 4.78 is 40.4. The van der Waals surface area contributed by atoms with Gasteiger partial charge in [0.05, 0.1) is 6.20 Å². The lowest BCUT2D eigenvalue weighted by atomic mass is 10.3. The Labute approximate surface area is 118 Å². The lowest BCUT2D eigenvalue weighted by Gasteiger charge is -2.07. The molecule has 8 heteroatoms. The fourth-order valence-corrected chi connectivity index (χ4v) is 2.89. The molecule has 0 fully saturated rings. The molecule has 0 radical (unpaired) electrons. The zero-order valence-corrected chi connectivity index (χ0v) is 12.3. The largest absolute Gasteiger partial charge is 0.283 e. The predicted molar refractivity (Wildman–Crippen MR) is 71.5 cm³/mol. The molecular formula is C11H11BrFN3O2S. The van der Waals surface area contributed by atoms with Crippen molar-refractivity contribution in [1.82, 2.24) is 14.9 Å². The minimum atomic E-state index is -3.89. The highest BCUT2D eigenvalue weighted by atomic mass is 79.9. The van der Waals surface area contributed by atoms with Crippen LogP contribution in [-0.2, 0) is 16.6 Å². The highest BCUT2D eigenvalue weighted by Gasteiger charge is 2.19. The number of rotatable bonds is 4. The average molecular weight is 348 g/mol. The van der Waals surface area contributed by atoms with Crippen molar-refractivity contribution in [3.63, 3.8) is 0 Å². The van der Waals surface area contributed by atoms with E-state index in [1.165, 1.54) is 18.3 Å². The van der Waals surface area contributed by atoms with Crippen LogP contribution in [0.3, 0.4) is 0 Å². The maximum absolute atomic E-state index is 13.6. The average Bonchev–Trinajstić information content (AvgIpc) is 2.72. The predicted octanol–water partition coefficient (Wildman–Crippen LogP) is 2.10. The van der Waals surface area contributed by atoms with E-state index in [-0.39, 0.29) is 11.4 Å². The summed E-state index contributed by atoms with van der Waals surface area (Å²) in [5, 5.41) is 6.48. The SMILES string of the molecule is Cc1[nH]ncc1CNS(=O)(=O)c1ccc(Br)cc1F. The molecule has 0 aliphatic carbocycles. The molecule has 2 N–H and O–H groups in total. The first-order valence-corrected chi connectivity index (χ1v) is 7.61. The summed E-state index contributed by atoms with van der Waals surface area (Å²) in [6.07, 6.45) is 1.52. The van der Waals surface area contributed by atoms with Gasteiger partial charge in [-0.25, -0.2) is 17.5 Å². The number of nitrogens with one attached hydrogen (secondary N) is 2. The molecule has 0 aliphatic heterocycles. The lowest BCUT2D eigenvalue weighted by Crippen LogP contribution is -2.24. The van der Waals surface area contributed by atoms with Gasteiger partial charge in [0, 0.05) is 22.3 Å². The van der Waals surface area contributed by atoms with Crippen molar-refractivity contribution in [2.45, 2.75) is 18.4 Å². The van der Waals surface area contributed by atoms with Gasteiger partial charge in [-0.1, -0.05) is 15.9 Å². The molecule has 5 nitrogen and oxygen atoms in total. The Hall–Kier alpha value is -1.25. The Bertz CT molecular complexity index is 700. The van der Waals surface area contributed by atoms with Gasteiger partial charge in [-0.05, 0) is 25.1 Å². The monoisotopic (exact) mass is 347 g/mol. The number of aromatic nitrogens is 2. The summed E-state index contributed by atoms with van der Waals surface area (Å²) >= 11 is 3.08. The number of halogens is 2. The number of aromatic amines is 1. The normalized spacial score (nSPS) is 11.7. The molecule has 2 aromatic rings. The molecule has 102 valence electrons. The van der Waals surface area contributed by atoms with Gasteiger partial charge in [0.2, 0.25) is 10.0 Å². The summed E-state index contributed by atoms with van der Waals surface area (Å²) in [6, 6.07) is 3.79. The Kier molecular flexibility index (Phi) is 4.02.